The summed E-state index contributed by atoms with van der Waals surface area (Å²) in [7, 11) is 4.10. The molecule has 26 heavy (non-hydrogen) atoms. The summed E-state index contributed by atoms with van der Waals surface area (Å²) in [6, 6.07) is 0. The largest absolute Gasteiger partial charge is 0.400 e. The molecule has 2 unspecified atom stereocenters. The number of aromatic nitrogens is 4. The molecule has 10 heteroatoms. The van der Waals surface area contributed by atoms with Crippen LogP contribution in [0.3, 0.4) is 0 Å². The SMILES string of the molecule is C=CCSSc1ncnc2c1ncn2[C@H]1O[C@@H](C)C(O)C1O.CC.CO. The summed E-state index contributed by atoms with van der Waals surface area (Å²) >= 11 is 0. The molecule has 0 spiro atoms. The molecule has 0 amide bonds. The predicted molar refractivity (Wildman–Crippen MR) is 105 cm³/mol. The van der Waals surface area contributed by atoms with Crippen molar-refractivity contribution in [3.8, 4) is 0 Å². The van der Waals surface area contributed by atoms with Gasteiger partial charge in [-0.2, -0.15) is 0 Å². The molecule has 0 saturated carbocycles. The molecule has 1 saturated heterocycles. The number of hydrogen-bond acceptors (Lipinski definition) is 9. The summed E-state index contributed by atoms with van der Waals surface area (Å²) in [5, 5.41) is 27.7. The van der Waals surface area contributed by atoms with Crippen LogP contribution in [0.25, 0.3) is 11.2 Å². The number of fused-ring (bicyclic) bond motifs is 1. The van der Waals surface area contributed by atoms with Gasteiger partial charge in [-0.3, -0.25) is 4.57 Å². The molecule has 3 heterocycles. The van der Waals surface area contributed by atoms with E-state index in [0.717, 1.165) is 17.9 Å². The van der Waals surface area contributed by atoms with Gasteiger partial charge in [-0.1, -0.05) is 30.7 Å². The fourth-order valence-electron chi connectivity index (χ4n) is 2.27. The third-order valence-corrected chi connectivity index (χ3v) is 5.58. The van der Waals surface area contributed by atoms with Crippen molar-refractivity contribution < 1.29 is 20.1 Å². The lowest BCUT2D eigenvalue weighted by Crippen LogP contribution is -2.30. The van der Waals surface area contributed by atoms with E-state index >= 15 is 0 Å². The van der Waals surface area contributed by atoms with Crippen molar-refractivity contribution in [2.45, 2.75) is 50.3 Å². The molecule has 4 atom stereocenters. The smallest absolute Gasteiger partial charge is 0.166 e. The van der Waals surface area contributed by atoms with Crippen LogP contribution in [0.15, 0.2) is 30.3 Å². The van der Waals surface area contributed by atoms with Crippen molar-refractivity contribution in [2.24, 2.45) is 0 Å². The van der Waals surface area contributed by atoms with Gasteiger partial charge in [0.25, 0.3) is 0 Å². The first-order chi connectivity index (χ1) is 12.6. The Hall–Kier alpha value is -1.17. The number of ether oxygens (including phenoxy) is 1. The highest BCUT2D eigenvalue weighted by Gasteiger charge is 2.42. The van der Waals surface area contributed by atoms with Gasteiger partial charge >= 0.3 is 0 Å². The minimum absolute atomic E-state index is 0.448. The van der Waals surface area contributed by atoms with E-state index in [0.29, 0.717) is 11.2 Å². The van der Waals surface area contributed by atoms with Gasteiger partial charge in [-0.25, -0.2) is 15.0 Å². The number of aliphatic hydroxyl groups excluding tert-OH is 3. The standard InChI is InChI=1S/C13H16N4O3S2.C2H6.CH4O/c1-3-4-21-22-12-8-11(14-5-15-12)17(6-16-8)13-10(19)9(18)7(2)20-13;2*1-2/h3,5-7,9-10,13,18-19H,1,4H2,2H3;1-2H3;2H,1H3/t7-,9?,10?,13-;;/m0../s1. The summed E-state index contributed by atoms with van der Waals surface area (Å²) in [6.45, 7) is 9.40. The first kappa shape index (κ1) is 22.9. The maximum Gasteiger partial charge on any atom is 0.166 e. The second-order valence-corrected chi connectivity index (χ2v) is 7.20. The normalized spacial score (nSPS) is 24.4. The second kappa shape index (κ2) is 11.5. The Morgan fingerprint density at radius 3 is 2.50 bits per heavy atom. The molecule has 1 aliphatic rings. The lowest BCUT2D eigenvalue weighted by molar-refractivity contribution is -0.0299. The lowest BCUT2D eigenvalue weighted by Gasteiger charge is -2.16. The van der Waals surface area contributed by atoms with Gasteiger partial charge in [0, 0.05) is 12.9 Å². The van der Waals surface area contributed by atoms with Crippen molar-refractivity contribution in [3.63, 3.8) is 0 Å². The summed E-state index contributed by atoms with van der Waals surface area (Å²) in [5.41, 5.74) is 1.22. The Morgan fingerprint density at radius 1 is 1.23 bits per heavy atom. The van der Waals surface area contributed by atoms with E-state index < -0.39 is 24.5 Å². The predicted octanol–water partition coefficient (Wildman–Crippen LogP) is 2.03. The molecule has 146 valence electrons. The van der Waals surface area contributed by atoms with Crippen LogP contribution in [0.2, 0.25) is 0 Å². The second-order valence-electron chi connectivity index (χ2n) is 4.87. The molecule has 2 aromatic heterocycles. The monoisotopic (exact) mass is 402 g/mol. The lowest BCUT2D eigenvalue weighted by atomic mass is 10.1. The average Bonchev–Trinajstić information content (AvgIpc) is 3.22. The topological polar surface area (TPSA) is 114 Å². The zero-order valence-electron chi connectivity index (χ0n) is 15.3. The highest BCUT2D eigenvalue weighted by molar-refractivity contribution is 8.76. The number of aliphatic hydroxyl groups is 3. The van der Waals surface area contributed by atoms with Crippen molar-refractivity contribution in [3.05, 3.63) is 25.3 Å². The van der Waals surface area contributed by atoms with Crippen LogP contribution in [-0.2, 0) is 4.74 Å². The quantitative estimate of drug-likeness (QED) is 0.299. The molecule has 0 bridgehead atoms. The molecule has 0 aliphatic carbocycles. The Balaban J connectivity index is 0.000000791. The maximum absolute atomic E-state index is 10.1. The minimum atomic E-state index is -1.02. The van der Waals surface area contributed by atoms with E-state index in [1.807, 2.05) is 19.9 Å². The number of nitrogens with zero attached hydrogens (tertiary/aromatic N) is 4. The van der Waals surface area contributed by atoms with Gasteiger partial charge in [0.15, 0.2) is 11.9 Å². The summed E-state index contributed by atoms with van der Waals surface area (Å²) in [5.74, 6) is 0.797. The molecule has 0 aromatic carbocycles. The van der Waals surface area contributed by atoms with Gasteiger partial charge in [0.1, 0.15) is 29.1 Å². The molecule has 8 nitrogen and oxygen atoms in total. The summed E-state index contributed by atoms with van der Waals surface area (Å²) in [6.07, 6.45) is 1.73. The third kappa shape index (κ3) is 4.96. The zero-order valence-corrected chi connectivity index (χ0v) is 16.9. The fraction of sp³-hybridized carbons (Fsp3) is 0.562. The Kier molecular flexibility index (Phi) is 10.1. The van der Waals surface area contributed by atoms with Gasteiger partial charge in [-0.05, 0) is 17.7 Å². The van der Waals surface area contributed by atoms with Gasteiger partial charge < -0.3 is 20.1 Å². The molecule has 1 aliphatic heterocycles. The third-order valence-electron chi connectivity index (χ3n) is 3.40. The van der Waals surface area contributed by atoms with Crippen LogP contribution in [-0.4, -0.2) is 66.0 Å². The van der Waals surface area contributed by atoms with Crippen molar-refractivity contribution >= 4 is 32.8 Å². The average molecular weight is 403 g/mol. The van der Waals surface area contributed by atoms with Crippen molar-refractivity contribution in [2.75, 3.05) is 12.9 Å². The Morgan fingerprint density at radius 2 is 1.92 bits per heavy atom. The van der Waals surface area contributed by atoms with Crippen molar-refractivity contribution in [1.82, 2.24) is 19.5 Å². The van der Waals surface area contributed by atoms with E-state index in [9.17, 15) is 10.2 Å². The summed E-state index contributed by atoms with van der Waals surface area (Å²) in [4.78, 5) is 12.8. The Bertz CT molecular complexity index is 685. The summed E-state index contributed by atoms with van der Waals surface area (Å²) < 4.78 is 7.25. The highest BCUT2D eigenvalue weighted by atomic mass is 33.1. The van der Waals surface area contributed by atoms with Gasteiger partial charge in [-0.15, -0.1) is 6.58 Å². The molecule has 3 rings (SSSR count). The molecule has 3 N–H and O–H groups in total. The number of rotatable bonds is 5. The van der Waals surface area contributed by atoms with Gasteiger partial charge in [0.05, 0.1) is 12.4 Å². The first-order valence-electron chi connectivity index (χ1n) is 8.17. The zero-order chi connectivity index (χ0) is 19.7. The maximum atomic E-state index is 10.1. The van der Waals surface area contributed by atoms with Crippen LogP contribution in [0.5, 0.6) is 0 Å². The fourth-order valence-corrected chi connectivity index (χ4v) is 4.06. The van der Waals surface area contributed by atoms with E-state index in [-0.39, 0.29) is 0 Å². The van der Waals surface area contributed by atoms with Crippen LogP contribution < -0.4 is 0 Å². The molecular formula is C16H26N4O4S2. The van der Waals surface area contributed by atoms with Crippen LogP contribution in [0.4, 0.5) is 0 Å². The Labute approximate surface area is 161 Å². The van der Waals surface area contributed by atoms with Crippen LogP contribution in [0.1, 0.15) is 27.0 Å². The molecular weight excluding hydrogens is 376 g/mol. The van der Waals surface area contributed by atoms with E-state index in [1.165, 1.54) is 17.1 Å². The van der Waals surface area contributed by atoms with Crippen LogP contribution in [0, 0.1) is 0 Å². The van der Waals surface area contributed by atoms with E-state index in [4.69, 9.17) is 9.84 Å². The molecule has 0 radical (unpaired) electrons. The minimum Gasteiger partial charge on any atom is -0.400 e. The number of imidazole rings is 1. The van der Waals surface area contributed by atoms with E-state index in [1.54, 1.807) is 28.6 Å². The highest BCUT2D eigenvalue weighted by Crippen LogP contribution is 2.35. The van der Waals surface area contributed by atoms with Crippen LogP contribution >= 0.6 is 21.6 Å². The molecule has 2 aromatic rings. The molecule has 1 fully saturated rings. The van der Waals surface area contributed by atoms with E-state index in [2.05, 4.69) is 21.5 Å². The van der Waals surface area contributed by atoms with Crippen molar-refractivity contribution in [1.29, 1.82) is 0 Å². The van der Waals surface area contributed by atoms with Gasteiger partial charge in [0.2, 0.25) is 0 Å². The number of hydrogen-bond donors (Lipinski definition) is 3. The first-order valence-corrected chi connectivity index (χ1v) is 10.5.